The van der Waals surface area contributed by atoms with Crippen LogP contribution in [0, 0.1) is 13.8 Å². The van der Waals surface area contributed by atoms with Gasteiger partial charge in [0.05, 0.1) is 18.9 Å². The van der Waals surface area contributed by atoms with E-state index in [1.165, 1.54) is 13.8 Å². The van der Waals surface area contributed by atoms with Crippen molar-refractivity contribution >= 4 is 39.1 Å². The number of hydrogen-bond acceptors (Lipinski definition) is 4. The maximum Gasteiger partial charge on any atom is 0.221 e. The Balaban J connectivity index is 0.000000166. The van der Waals surface area contributed by atoms with Crippen LogP contribution in [0.3, 0.4) is 0 Å². The number of aryl methyl sites for hydroxylation is 2. The smallest absolute Gasteiger partial charge is 0.221 e. The van der Waals surface area contributed by atoms with E-state index in [1.54, 1.807) is 0 Å². The summed E-state index contributed by atoms with van der Waals surface area (Å²) >= 11 is 3.49. The molecule has 6 nitrogen and oxygen atoms in total. The fourth-order valence-corrected chi connectivity index (χ4v) is 3.93. The molecular weight excluding hydrogens is 436 g/mol. The van der Waals surface area contributed by atoms with Crippen LogP contribution in [0.4, 0.5) is 11.4 Å². The summed E-state index contributed by atoms with van der Waals surface area (Å²) in [5.41, 5.74) is 6.13. The number of halogens is 1. The van der Waals surface area contributed by atoms with Crippen LogP contribution >= 0.6 is 15.9 Å². The average molecular weight is 461 g/mol. The minimum Gasteiger partial charge on any atom is -0.493 e. The Labute approximate surface area is 179 Å². The Morgan fingerprint density at radius 3 is 2.10 bits per heavy atom. The van der Waals surface area contributed by atoms with Gasteiger partial charge in [-0.15, -0.1) is 0 Å². The van der Waals surface area contributed by atoms with Crippen LogP contribution < -0.4 is 20.1 Å². The number of fused-ring (bicyclic) bond motifs is 2. The normalized spacial score (nSPS) is 13.3. The van der Waals surface area contributed by atoms with Crippen molar-refractivity contribution in [1.82, 2.24) is 0 Å². The van der Waals surface area contributed by atoms with Crippen molar-refractivity contribution < 1.29 is 19.1 Å². The lowest BCUT2D eigenvalue weighted by Gasteiger charge is -2.12. The van der Waals surface area contributed by atoms with E-state index >= 15 is 0 Å². The molecule has 2 aromatic rings. The number of ether oxygens (including phenoxy) is 2. The zero-order valence-corrected chi connectivity index (χ0v) is 18.7. The van der Waals surface area contributed by atoms with Gasteiger partial charge in [0.1, 0.15) is 11.5 Å². The highest BCUT2D eigenvalue weighted by Crippen LogP contribution is 2.39. The Morgan fingerprint density at radius 2 is 1.48 bits per heavy atom. The second-order valence-electron chi connectivity index (χ2n) is 7.21. The molecule has 154 valence electrons. The van der Waals surface area contributed by atoms with Gasteiger partial charge in [-0.05, 0) is 59.1 Å². The highest BCUT2D eigenvalue weighted by molar-refractivity contribution is 9.10. The molecular formula is C22H25BrN2O4. The summed E-state index contributed by atoms with van der Waals surface area (Å²) < 4.78 is 11.9. The van der Waals surface area contributed by atoms with Gasteiger partial charge in [-0.1, -0.05) is 0 Å². The molecule has 2 aliphatic heterocycles. The quantitative estimate of drug-likeness (QED) is 0.689. The Hall–Kier alpha value is -2.54. The average Bonchev–Trinajstić information content (AvgIpc) is 3.27. The predicted octanol–water partition coefficient (Wildman–Crippen LogP) is 4.54. The molecule has 4 rings (SSSR count). The Morgan fingerprint density at radius 1 is 0.897 bits per heavy atom. The van der Waals surface area contributed by atoms with Crippen molar-refractivity contribution in [3.05, 3.63) is 44.9 Å². The van der Waals surface area contributed by atoms with Crippen LogP contribution in [0.15, 0.2) is 22.7 Å². The van der Waals surface area contributed by atoms with Crippen LogP contribution in [0.1, 0.15) is 36.1 Å². The SMILES string of the molecule is CC(=O)Nc1c(Br)c(C)cc2c1CCO2.CC(=O)Nc1cc(C)cc2c1CCO2. The second kappa shape index (κ2) is 8.86. The maximum atomic E-state index is 11.1. The molecule has 2 aliphatic rings. The third kappa shape index (κ3) is 4.90. The Kier molecular flexibility index (Phi) is 6.47. The molecule has 2 amide bonds. The van der Waals surface area contributed by atoms with Crippen molar-refractivity contribution in [3.63, 3.8) is 0 Å². The van der Waals surface area contributed by atoms with Crippen LogP contribution in [-0.4, -0.2) is 25.0 Å². The van der Waals surface area contributed by atoms with E-state index in [0.29, 0.717) is 13.2 Å². The van der Waals surface area contributed by atoms with Gasteiger partial charge in [-0.3, -0.25) is 9.59 Å². The van der Waals surface area contributed by atoms with E-state index in [-0.39, 0.29) is 11.8 Å². The topological polar surface area (TPSA) is 76.7 Å². The van der Waals surface area contributed by atoms with Crippen LogP contribution in [-0.2, 0) is 22.4 Å². The van der Waals surface area contributed by atoms with E-state index in [1.807, 2.05) is 32.0 Å². The molecule has 7 heteroatoms. The predicted molar refractivity (Wildman–Crippen MR) is 117 cm³/mol. The number of nitrogens with one attached hydrogen (secondary N) is 2. The summed E-state index contributed by atoms with van der Waals surface area (Å²) in [6, 6.07) is 5.99. The van der Waals surface area contributed by atoms with E-state index in [4.69, 9.17) is 9.47 Å². The van der Waals surface area contributed by atoms with Crippen molar-refractivity contribution in [2.45, 2.75) is 40.5 Å². The maximum absolute atomic E-state index is 11.1. The first kappa shape index (κ1) is 21.2. The molecule has 0 saturated heterocycles. The molecule has 0 radical (unpaired) electrons. The molecule has 0 bridgehead atoms. The van der Waals surface area contributed by atoms with E-state index in [2.05, 4.69) is 26.6 Å². The number of carbonyl (C=O) groups excluding carboxylic acids is 2. The summed E-state index contributed by atoms with van der Waals surface area (Å²) in [7, 11) is 0. The molecule has 29 heavy (non-hydrogen) atoms. The fraction of sp³-hybridized carbons (Fsp3) is 0.364. The number of anilines is 2. The molecule has 2 aromatic carbocycles. The third-order valence-corrected chi connectivity index (χ3v) is 5.72. The summed E-state index contributed by atoms with van der Waals surface area (Å²) in [4.78, 5) is 22.1. The first-order valence-electron chi connectivity index (χ1n) is 9.52. The van der Waals surface area contributed by atoms with Gasteiger partial charge >= 0.3 is 0 Å². The number of amides is 2. The molecule has 0 aromatic heterocycles. The van der Waals surface area contributed by atoms with Crippen molar-refractivity contribution in [1.29, 1.82) is 0 Å². The summed E-state index contributed by atoms with van der Waals surface area (Å²) in [6.45, 7) is 8.41. The molecule has 0 aliphatic carbocycles. The zero-order valence-electron chi connectivity index (χ0n) is 17.1. The number of carbonyl (C=O) groups is 2. The standard InChI is InChI=1S/C11H12BrNO2.C11H13NO2/c1-6-5-9-8(3-4-15-9)11(10(6)12)13-7(2)14;1-7-5-10(12-8(2)13)9-3-4-14-11(9)6-7/h5H,3-4H2,1-2H3,(H,13,14);5-6H,3-4H2,1-2H3,(H,12,13). The van der Waals surface area contributed by atoms with Gasteiger partial charge in [0.2, 0.25) is 11.8 Å². The number of hydrogen-bond donors (Lipinski definition) is 2. The van der Waals surface area contributed by atoms with Gasteiger partial charge < -0.3 is 20.1 Å². The fourth-order valence-electron chi connectivity index (χ4n) is 3.48. The zero-order chi connectivity index (χ0) is 21.1. The third-order valence-electron chi connectivity index (χ3n) is 4.70. The highest BCUT2D eigenvalue weighted by Gasteiger charge is 2.21. The van der Waals surface area contributed by atoms with Crippen LogP contribution in [0.2, 0.25) is 0 Å². The van der Waals surface area contributed by atoms with Gasteiger partial charge in [0.25, 0.3) is 0 Å². The van der Waals surface area contributed by atoms with Gasteiger partial charge in [0, 0.05) is 48.0 Å². The number of rotatable bonds is 2. The lowest BCUT2D eigenvalue weighted by Crippen LogP contribution is -2.08. The van der Waals surface area contributed by atoms with E-state index in [0.717, 1.165) is 62.4 Å². The minimum atomic E-state index is -0.0598. The lowest BCUT2D eigenvalue weighted by atomic mass is 10.1. The molecule has 0 fully saturated rings. The summed E-state index contributed by atoms with van der Waals surface area (Å²) in [5, 5.41) is 5.68. The van der Waals surface area contributed by atoms with Crippen LogP contribution in [0.25, 0.3) is 0 Å². The Bertz CT molecular complexity index is 972. The highest BCUT2D eigenvalue weighted by atomic mass is 79.9. The van der Waals surface area contributed by atoms with Crippen molar-refractivity contribution in [2.75, 3.05) is 23.8 Å². The van der Waals surface area contributed by atoms with E-state index < -0.39 is 0 Å². The summed E-state index contributed by atoms with van der Waals surface area (Å²) in [6.07, 6.45) is 1.73. The molecule has 2 heterocycles. The molecule has 0 spiro atoms. The van der Waals surface area contributed by atoms with Crippen molar-refractivity contribution in [2.24, 2.45) is 0 Å². The van der Waals surface area contributed by atoms with Gasteiger partial charge in [-0.25, -0.2) is 0 Å². The van der Waals surface area contributed by atoms with Crippen LogP contribution in [0.5, 0.6) is 11.5 Å². The lowest BCUT2D eigenvalue weighted by molar-refractivity contribution is -0.115. The van der Waals surface area contributed by atoms with Gasteiger partial charge in [0.15, 0.2) is 0 Å². The molecule has 0 atom stereocenters. The molecule has 0 saturated carbocycles. The minimum absolute atomic E-state index is 0.0373. The van der Waals surface area contributed by atoms with Gasteiger partial charge in [-0.2, -0.15) is 0 Å². The van der Waals surface area contributed by atoms with Crippen molar-refractivity contribution in [3.8, 4) is 11.5 Å². The number of benzene rings is 2. The summed E-state index contributed by atoms with van der Waals surface area (Å²) in [5.74, 6) is 1.70. The first-order valence-corrected chi connectivity index (χ1v) is 10.3. The largest absolute Gasteiger partial charge is 0.493 e. The van der Waals surface area contributed by atoms with E-state index in [9.17, 15) is 9.59 Å². The molecule has 2 N–H and O–H groups in total. The monoisotopic (exact) mass is 460 g/mol. The second-order valence-corrected chi connectivity index (χ2v) is 8.00. The first-order chi connectivity index (χ1) is 13.8. The molecule has 0 unspecified atom stereocenters.